The van der Waals surface area contributed by atoms with Crippen molar-refractivity contribution < 1.29 is 9.47 Å². The van der Waals surface area contributed by atoms with Crippen LogP contribution in [0.25, 0.3) is 186 Å². The lowest BCUT2D eigenvalue weighted by molar-refractivity contribution is 0.487. The Kier molecular flexibility index (Phi) is 13.4. The zero-order valence-electron chi connectivity index (χ0n) is 55.0. The maximum atomic E-state index is 9.75. The lowest BCUT2D eigenvalue weighted by Gasteiger charge is -2.22. The second kappa shape index (κ2) is 23.4. The molecule has 2 aliphatic heterocycles. The molecule has 4 heteroatoms. The number of hydrogen-bond acceptors (Lipinski definition) is 4. The predicted octanol–water partition coefficient (Wildman–Crippen LogP) is 27.0. The molecule has 0 saturated carbocycles. The van der Waals surface area contributed by atoms with Crippen molar-refractivity contribution in [3.8, 4) is 124 Å². The van der Waals surface area contributed by atoms with Crippen LogP contribution in [0.2, 0.25) is 0 Å². The molecule has 0 bridgehead atoms. The van der Waals surface area contributed by atoms with Crippen molar-refractivity contribution in [2.24, 2.45) is 0 Å². The third kappa shape index (κ3) is 9.29. The lowest BCUT2D eigenvalue weighted by Crippen LogP contribution is -1.98. The molecule has 21 rings (SSSR count). The number of hydrogen-bond donors (Lipinski definition) is 0. The molecule has 0 N–H and O–H groups in total. The molecular weight excluding hydrogens is 1240 g/mol. The molecule has 4 nitrogen and oxygen atoms in total. The molecule has 0 atom stereocenters. The first-order valence-electron chi connectivity index (χ1n) is 34.5. The normalized spacial score (nSPS) is 11.9. The van der Waals surface area contributed by atoms with Crippen molar-refractivity contribution >= 4 is 97.0 Å². The SMILES string of the molecule is N#Cc1ccc2c3c(cccc13)-c1cc(-c3ccc(-c4cc5c6ccccc6c(-c6cccc7ccccc67)cc5c5ccccc45)cc3)ccc1O2.N#Cc1ccc2c3c(cccc13)-c1cc(-c3ccc(-c4cc5c6ccccc6c(-c6ccccc6)cc5c5ccccc45)cc3)ccc1O2. The molecule has 0 amide bonds. The maximum absolute atomic E-state index is 9.75. The minimum atomic E-state index is 0.656. The molecule has 0 unspecified atom stereocenters. The number of nitrogens with zero attached hydrogens (tertiary/aromatic N) is 2. The van der Waals surface area contributed by atoms with Gasteiger partial charge in [0.15, 0.2) is 0 Å². The van der Waals surface area contributed by atoms with Gasteiger partial charge in [0, 0.05) is 32.7 Å². The van der Waals surface area contributed by atoms with Gasteiger partial charge >= 0.3 is 0 Å². The van der Waals surface area contributed by atoms with Crippen LogP contribution in [0.1, 0.15) is 11.1 Å². The zero-order valence-corrected chi connectivity index (χ0v) is 55.0. The third-order valence-corrected chi connectivity index (χ3v) is 21.2. The summed E-state index contributed by atoms with van der Waals surface area (Å²) >= 11 is 0. The number of ether oxygens (including phenoxy) is 2. The molecule has 470 valence electrons. The van der Waals surface area contributed by atoms with Gasteiger partial charge in [-0.15, -0.1) is 0 Å². The molecule has 2 heterocycles. The average Bonchev–Trinajstić information content (AvgIpc) is 0.792. The summed E-state index contributed by atoms with van der Waals surface area (Å²) in [5.41, 5.74) is 19.9. The van der Waals surface area contributed by atoms with Crippen LogP contribution < -0.4 is 9.47 Å². The standard InChI is InChI=1S/C51H29NO.C47H27NO/c52-30-35-24-26-50-51-37(35)16-8-18-43(51)48-27-34(23-25-49(48)53-50)31-19-21-33(22-20-31)44-28-46-42-15-6-5-14-41(42)45(29-47(46)40-13-4-3-12-39(40)44)38-17-7-10-32-9-1-2-11-36(32)38;48-28-33-22-24-46-47-34(33)15-8-16-39(47)44-25-32(21-23-45(44)49-46)29-17-19-31(20-18-29)41-27-43-37-13-6-4-11-35(37)40(30-9-2-1-3-10-30)26-42(43)38-14-7-5-12-36(38)41/h1-29H;1-27H. The maximum Gasteiger partial charge on any atom is 0.136 e. The summed E-state index contributed by atoms with van der Waals surface area (Å²) in [6.45, 7) is 0. The number of fused-ring (bicyclic) bond motifs is 15. The Bertz CT molecular complexity index is 6870. The molecular formula is C98H56N2O2. The predicted molar refractivity (Wildman–Crippen MR) is 424 cm³/mol. The summed E-state index contributed by atoms with van der Waals surface area (Å²) < 4.78 is 12.7. The van der Waals surface area contributed by atoms with E-state index in [4.69, 9.17) is 9.47 Å². The van der Waals surface area contributed by atoms with Gasteiger partial charge in [-0.1, -0.05) is 267 Å². The minimum absolute atomic E-state index is 0.656. The van der Waals surface area contributed by atoms with Gasteiger partial charge in [-0.2, -0.15) is 10.5 Å². The molecule has 0 saturated heterocycles. The van der Waals surface area contributed by atoms with Crippen LogP contribution >= 0.6 is 0 Å². The van der Waals surface area contributed by atoms with E-state index in [9.17, 15) is 10.5 Å². The molecule has 0 aromatic heterocycles. The highest BCUT2D eigenvalue weighted by Crippen LogP contribution is 2.52. The molecule has 0 radical (unpaired) electrons. The van der Waals surface area contributed by atoms with Gasteiger partial charge < -0.3 is 9.47 Å². The Morgan fingerprint density at radius 1 is 0.176 bits per heavy atom. The Morgan fingerprint density at radius 2 is 0.490 bits per heavy atom. The summed E-state index contributed by atoms with van der Waals surface area (Å²) in [6.07, 6.45) is 0. The lowest BCUT2D eigenvalue weighted by atomic mass is 9.86. The van der Waals surface area contributed by atoms with Gasteiger partial charge in [-0.25, -0.2) is 0 Å². The zero-order chi connectivity index (χ0) is 67.5. The van der Waals surface area contributed by atoms with E-state index in [1.54, 1.807) is 0 Å². The fourth-order valence-electron chi connectivity index (χ4n) is 16.4. The highest BCUT2D eigenvalue weighted by Gasteiger charge is 2.25. The quantitative estimate of drug-likeness (QED) is 0.156. The van der Waals surface area contributed by atoms with E-state index in [0.29, 0.717) is 11.1 Å². The second-order valence-corrected chi connectivity index (χ2v) is 26.6. The molecule has 0 spiro atoms. The van der Waals surface area contributed by atoms with E-state index in [-0.39, 0.29) is 0 Å². The van der Waals surface area contributed by atoms with Crippen LogP contribution in [-0.2, 0) is 0 Å². The van der Waals surface area contributed by atoms with Gasteiger partial charge in [0.05, 0.1) is 23.3 Å². The molecule has 0 fully saturated rings. The van der Waals surface area contributed by atoms with Gasteiger partial charge in [-0.3, -0.25) is 0 Å². The molecule has 0 aliphatic carbocycles. The monoisotopic (exact) mass is 1290 g/mol. The van der Waals surface area contributed by atoms with Crippen molar-refractivity contribution in [1.82, 2.24) is 0 Å². The fraction of sp³-hybridized carbons (Fsp3) is 0. The van der Waals surface area contributed by atoms with E-state index in [1.807, 2.05) is 48.5 Å². The summed E-state index contributed by atoms with van der Waals surface area (Å²) in [7, 11) is 0. The van der Waals surface area contributed by atoms with Gasteiger partial charge in [0.25, 0.3) is 0 Å². The second-order valence-electron chi connectivity index (χ2n) is 26.6. The van der Waals surface area contributed by atoms with E-state index in [1.165, 1.54) is 120 Å². The van der Waals surface area contributed by atoms with Crippen molar-refractivity contribution in [1.29, 1.82) is 10.5 Å². The van der Waals surface area contributed by atoms with E-state index in [2.05, 4.69) is 303 Å². The summed E-state index contributed by atoms with van der Waals surface area (Å²) in [6, 6.07) is 126. The fourth-order valence-corrected chi connectivity index (χ4v) is 16.4. The van der Waals surface area contributed by atoms with Crippen molar-refractivity contribution in [3.05, 3.63) is 351 Å². The van der Waals surface area contributed by atoms with Crippen LogP contribution in [0.3, 0.4) is 0 Å². The molecule has 19 aromatic carbocycles. The number of nitriles is 2. The third-order valence-electron chi connectivity index (χ3n) is 21.2. The van der Waals surface area contributed by atoms with Crippen molar-refractivity contribution in [3.63, 3.8) is 0 Å². The first kappa shape index (κ1) is 58.3. The molecule has 102 heavy (non-hydrogen) atoms. The van der Waals surface area contributed by atoms with Gasteiger partial charge in [-0.05, 0) is 226 Å². The van der Waals surface area contributed by atoms with E-state index >= 15 is 0 Å². The van der Waals surface area contributed by atoms with Crippen LogP contribution in [-0.4, -0.2) is 0 Å². The highest BCUT2D eigenvalue weighted by atomic mass is 16.5. The van der Waals surface area contributed by atoms with Crippen LogP contribution in [0.5, 0.6) is 23.0 Å². The van der Waals surface area contributed by atoms with Gasteiger partial charge in [0.1, 0.15) is 23.0 Å². The first-order chi connectivity index (χ1) is 50.5. The number of benzene rings is 19. The van der Waals surface area contributed by atoms with Gasteiger partial charge in [0.2, 0.25) is 0 Å². The van der Waals surface area contributed by atoms with Crippen LogP contribution in [0.4, 0.5) is 0 Å². The minimum Gasteiger partial charge on any atom is -0.456 e. The Hall–Kier alpha value is -13.9. The van der Waals surface area contributed by atoms with Crippen molar-refractivity contribution in [2.45, 2.75) is 0 Å². The highest BCUT2D eigenvalue weighted by molar-refractivity contribution is 6.26. The number of rotatable bonds is 6. The average molecular weight is 1290 g/mol. The van der Waals surface area contributed by atoms with Crippen LogP contribution in [0, 0.1) is 22.7 Å². The molecule has 19 aromatic rings. The summed E-state index contributed by atoms with van der Waals surface area (Å²) in [5, 5.41) is 40.9. The summed E-state index contributed by atoms with van der Waals surface area (Å²) in [5.74, 6) is 3.24. The Labute approximate surface area is 588 Å². The van der Waals surface area contributed by atoms with E-state index < -0.39 is 0 Å². The summed E-state index contributed by atoms with van der Waals surface area (Å²) in [4.78, 5) is 0. The topological polar surface area (TPSA) is 66.0 Å². The molecule has 2 aliphatic rings. The Morgan fingerprint density at radius 3 is 0.931 bits per heavy atom. The van der Waals surface area contributed by atoms with Crippen molar-refractivity contribution in [2.75, 3.05) is 0 Å². The van der Waals surface area contributed by atoms with E-state index in [0.717, 1.165) is 89.1 Å². The van der Waals surface area contributed by atoms with Crippen LogP contribution in [0.15, 0.2) is 340 Å². The smallest absolute Gasteiger partial charge is 0.136 e. The largest absolute Gasteiger partial charge is 0.456 e. The first-order valence-corrected chi connectivity index (χ1v) is 34.5. The Balaban J connectivity index is 0.000000137.